The third-order valence-electron chi connectivity index (χ3n) is 2.38. The fourth-order valence-corrected chi connectivity index (χ4v) is 2.66. The zero-order valence-corrected chi connectivity index (χ0v) is 9.93. The lowest BCUT2D eigenvalue weighted by atomic mass is 10.1. The monoisotopic (exact) mass is 208 g/mol. The molecule has 0 N–H and O–H groups in total. The molecule has 0 amide bonds. The minimum Gasteiger partial charge on any atom is -0.252 e. The van der Waals surface area contributed by atoms with Crippen molar-refractivity contribution in [1.82, 2.24) is 9.78 Å². The average Bonchev–Trinajstić information content (AvgIpc) is 2.59. The Morgan fingerprint density at radius 3 is 2.57 bits per heavy atom. The molecule has 0 radical (unpaired) electrons. The molecule has 0 bridgehead atoms. The molecule has 14 heavy (non-hydrogen) atoms. The van der Waals surface area contributed by atoms with Gasteiger partial charge < -0.3 is 0 Å². The lowest BCUT2D eigenvalue weighted by Gasteiger charge is -2.05. The van der Waals surface area contributed by atoms with Crippen LogP contribution in [0.3, 0.4) is 0 Å². The van der Waals surface area contributed by atoms with Crippen molar-refractivity contribution in [2.75, 3.05) is 0 Å². The van der Waals surface area contributed by atoms with Crippen molar-refractivity contribution in [3.8, 4) is 0 Å². The molecule has 0 unspecified atom stereocenters. The minimum absolute atomic E-state index is 0.448. The van der Waals surface area contributed by atoms with Crippen LogP contribution in [0.5, 0.6) is 0 Å². The van der Waals surface area contributed by atoms with Crippen LogP contribution >= 0.6 is 11.3 Å². The topological polar surface area (TPSA) is 17.8 Å². The van der Waals surface area contributed by atoms with Crippen LogP contribution in [0.15, 0.2) is 11.4 Å². The number of nitrogens with zero attached hydrogens (tertiary/aromatic N) is 2. The van der Waals surface area contributed by atoms with E-state index in [1.807, 2.05) is 0 Å². The number of thiophene rings is 1. The summed E-state index contributed by atoms with van der Waals surface area (Å²) in [5.74, 6) is 0.507. The van der Waals surface area contributed by atoms with Crippen molar-refractivity contribution < 1.29 is 0 Å². The van der Waals surface area contributed by atoms with Gasteiger partial charge in [0.2, 0.25) is 0 Å². The van der Waals surface area contributed by atoms with E-state index in [9.17, 15) is 0 Å². The molecule has 2 nitrogen and oxygen atoms in total. The van der Waals surface area contributed by atoms with Crippen molar-refractivity contribution in [3.05, 3.63) is 17.1 Å². The van der Waals surface area contributed by atoms with Gasteiger partial charge in [0.05, 0.1) is 5.69 Å². The average molecular weight is 208 g/mol. The van der Waals surface area contributed by atoms with Crippen LogP contribution in [0, 0.1) is 0 Å². The highest BCUT2D eigenvalue weighted by Crippen LogP contribution is 2.30. The third-order valence-corrected chi connectivity index (χ3v) is 3.28. The van der Waals surface area contributed by atoms with Gasteiger partial charge in [-0.3, -0.25) is 4.68 Å². The van der Waals surface area contributed by atoms with E-state index < -0.39 is 0 Å². The third kappa shape index (κ3) is 1.36. The van der Waals surface area contributed by atoms with E-state index in [2.05, 4.69) is 48.9 Å². The van der Waals surface area contributed by atoms with Crippen LogP contribution in [-0.2, 0) is 0 Å². The molecule has 3 heteroatoms. The van der Waals surface area contributed by atoms with Crippen molar-refractivity contribution in [1.29, 1.82) is 0 Å². The van der Waals surface area contributed by atoms with Crippen molar-refractivity contribution in [3.63, 3.8) is 0 Å². The van der Waals surface area contributed by atoms with Crippen LogP contribution in [0.1, 0.15) is 45.3 Å². The van der Waals surface area contributed by atoms with E-state index in [0.29, 0.717) is 12.0 Å². The summed E-state index contributed by atoms with van der Waals surface area (Å²) in [6.07, 6.45) is 0. The Hall–Kier alpha value is -0.830. The molecule has 0 fully saturated rings. The maximum absolute atomic E-state index is 4.68. The summed E-state index contributed by atoms with van der Waals surface area (Å²) < 4.78 is 2.13. The molecular formula is C11H16N2S. The summed E-state index contributed by atoms with van der Waals surface area (Å²) in [5.41, 5.74) is 1.23. The second-order valence-corrected chi connectivity index (χ2v) is 5.11. The predicted octanol–water partition coefficient (Wildman–Crippen LogP) is 3.80. The van der Waals surface area contributed by atoms with Gasteiger partial charge in [0, 0.05) is 11.4 Å². The Morgan fingerprint density at radius 1 is 1.29 bits per heavy atom. The maximum atomic E-state index is 4.68. The highest BCUT2D eigenvalue weighted by Gasteiger charge is 2.15. The molecule has 2 rings (SSSR count). The van der Waals surface area contributed by atoms with Gasteiger partial charge in [-0.05, 0) is 31.2 Å². The van der Waals surface area contributed by atoms with Crippen LogP contribution in [0.2, 0.25) is 0 Å². The van der Waals surface area contributed by atoms with E-state index in [1.54, 1.807) is 11.3 Å². The largest absolute Gasteiger partial charge is 0.252 e. The summed E-state index contributed by atoms with van der Waals surface area (Å²) >= 11 is 1.78. The second-order valence-electron chi connectivity index (χ2n) is 4.22. The molecule has 0 spiro atoms. The Kier molecular flexibility index (Phi) is 2.35. The van der Waals surface area contributed by atoms with Gasteiger partial charge in [-0.15, -0.1) is 11.3 Å². The Labute approximate surface area is 88.6 Å². The van der Waals surface area contributed by atoms with E-state index in [4.69, 9.17) is 0 Å². The molecule has 0 aromatic carbocycles. The second kappa shape index (κ2) is 3.39. The van der Waals surface area contributed by atoms with Crippen LogP contribution in [-0.4, -0.2) is 9.78 Å². The lowest BCUT2D eigenvalue weighted by Crippen LogP contribution is -2.02. The molecule has 2 aromatic rings. The summed E-state index contributed by atoms with van der Waals surface area (Å²) in [6.45, 7) is 8.75. The molecular weight excluding hydrogens is 192 g/mol. The molecule has 0 aliphatic carbocycles. The molecule has 0 aliphatic rings. The minimum atomic E-state index is 0.448. The van der Waals surface area contributed by atoms with E-state index in [0.717, 1.165) is 0 Å². The Morgan fingerprint density at radius 2 is 2.00 bits per heavy atom. The predicted molar refractivity (Wildman–Crippen MR) is 62.1 cm³/mol. The van der Waals surface area contributed by atoms with E-state index in [-0.39, 0.29) is 0 Å². The van der Waals surface area contributed by atoms with E-state index in [1.165, 1.54) is 15.9 Å². The van der Waals surface area contributed by atoms with Crippen LogP contribution < -0.4 is 0 Å². The van der Waals surface area contributed by atoms with Crippen LogP contribution in [0.25, 0.3) is 10.2 Å². The van der Waals surface area contributed by atoms with Gasteiger partial charge in [0.1, 0.15) is 4.83 Å². The quantitative estimate of drug-likeness (QED) is 0.734. The van der Waals surface area contributed by atoms with Gasteiger partial charge in [0.15, 0.2) is 0 Å². The van der Waals surface area contributed by atoms with Crippen molar-refractivity contribution >= 4 is 21.6 Å². The zero-order chi connectivity index (χ0) is 10.3. The Bertz CT molecular complexity index is 400. The normalized spacial score (nSPS) is 12.1. The number of rotatable bonds is 2. The standard InChI is InChI=1S/C11H16N2S/c1-7(2)10-9-5-6-14-11(9)13(12-10)8(3)4/h5-8H,1-4H3. The zero-order valence-electron chi connectivity index (χ0n) is 9.11. The number of hydrogen-bond donors (Lipinski definition) is 0. The first-order valence-corrected chi connectivity index (χ1v) is 5.94. The van der Waals surface area contributed by atoms with Gasteiger partial charge in [-0.25, -0.2) is 0 Å². The van der Waals surface area contributed by atoms with Gasteiger partial charge in [0.25, 0.3) is 0 Å². The van der Waals surface area contributed by atoms with Gasteiger partial charge in [-0.1, -0.05) is 13.8 Å². The number of fused-ring (bicyclic) bond motifs is 1. The SMILES string of the molecule is CC(C)c1nn(C(C)C)c2sccc12. The van der Waals surface area contributed by atoms with Crippen LogP contribution in [0.4, 0.5) is 0 Å². The smallest absolute Gasteiger partial charge is 0.121 e. The lowest BCUT2D eigenvalue weighted by molar-refractivity contribution is 0.542. The highest BCUT2D eigenvalue weighted by molar-refractivity contribution is 7.16. The van der Waals surface area contributed by atoms with Crippen molar-refractivity contribution in [2.45, 2.75) is 39.7 Å². The molecule has 0 saturated carbocycles. The highest BCUT2D eigenvalue weighted by atomic mass is 32.1. The molecule has 2 heterocycles. The molecule has 2 aromatic heterocycles. The fraction of sp³-hybridized carbons (Fsp3) is 0.545. The maximum Gasteiger partial charge on any atom is 0.121 e. The first-order chi connectivity index (χ1) is 6.61. The van der Waals surface area contributed by atoms with Gasteiger partial charge >= 0.3 is 0 Å². The summed E-state index contributed by atoms with van der Waals surface area (Å²) in [5, 5.41) is 8.16. The molecule has 0 aliphatic heterocycles. The fourth-order valence-electron chi connectivity index (χ4n) is 1.67. The summed E-state index contributed by atoms with van der Waals surface area (Å²) in [6, 6.07) is 2.63. The molecule has 0 atom stereocenters. The first-order valence-electron chi connectivity index (χ1n) is 5.07. The number of hydrogen-bond acceptors (Lipinski definition) is 2. The Balaban J connectivity index is 2.68. The van der Waals surface area contributed by atoms with Gasteiger partial charge in [-0.2, -0.15) is 5.10 Å². The van der Waals surface area contributed by atoms with E-state index >= 15 is 0 Å². The first kappa shape index (κ1) is 9.71. The number of aromatic nitrogens is 2. The molecule has 0 saturated heterocycles. The summed E-state index contributed by atoms with van der Waals surface area (Å²) in [7, 11) is 0. The molecule has 76 valence electrons. The van der Waals surface area contributed by atoms with Crippen molar-refractivity contribution in [2.24, 2.45) is 0 Å². The summed E-state index contributed by atoms with van der Waals surface area (Å²) in [4.78, 5) is 1.31.